The Labute approximate surface area is 92.3 Å². The number of hydrogen-bond donors (Lipinski definition) is 2. The molecule has 15 heavy (non-hydrogen) atoms. The zero-order valence-corrected chi connectivity index (χ0v) is 8.69. The van der Waals surface area contributed by atoms with Crippen LogP contribution in [-0.4, -0.2) is 15.8 Å². The summed E-state index contributed by atoms with van der Waals surface area (Å²) in [6.45, 7) is 0. The largest absolute Gasteiger partial charge is 0.346 e. The Morgan fingerprint density at radius 3 is 2.67 bits per heavy atom. The van der Waals surface area contributed by atoms with Crippen molar-refractivity contribution in [1.82, 2.24) is 9.78 Å². The lowest BCUT2D eigenvalue weighted by atomic mass is 10.3. The molecule has 0 saturated heterocycles. The first-order valence-electron chi connectivity index (χ1n) is 4.36. The number of thiol groups is 1. The smallest absolute Gasteiger partial charge is 0.306 e. The van der Waals surface area contributed by atoms with E-state index in [1.165, 1.54) is 4.68 Å². The van der Waals surface area contributed by atoms with Crippen molar-refractivity contribution >= 4 is 24.3 Å². The number of carbonyl (C=O) groups excluding carboxylic acids is 1. The van der Waals surface area contributed by atoms with Gasteiger partial charge in [-0.25, -0.2) is 4.79 Å². The van der Waals surface area contributed by atoms with Gasteiger partial charge in [0, 0.05) is 23.0 Å². The normalized spacial score (nSPS) is 9.93. The van der Waals surface area contributed by atoms with Crippen molar-refractivity contribution in [3.63, 3.8) is 0 Å². The van der Waals surface area contributed by atoms with Crippen LogP contribution in [0.2, 0.25) is 0 Å². The fourth-order valence-electron chi connectivity index (χ4n) is 1.11. The molecule has 0 saturated carbocycles. The van der Waals surface area contributed by atoms with Crippen molar-refractivity contribution in [2.75, 3.05) is 5.32 Å². The van der Waals surface area contributed by atoms with Gasteiger partial charge in [0.25, 0.3) is 0 Å². The molecule has 0 atom stereocenters. The van der Waals surface area contributed by atoms with Crippen LogP contribution >= 0.6 is 12.6 Å². The van der Waals surface area contributed by atoms with Gasteiger partial charge in [-0.2, -0.15) is 9.78 Å². The summed E-state index contributed by atoms with van der Waals surface area (Å²) in [6, 6.07) is 8.58. The molecule has 0 spiro atoms. The van der Waals surface area contributed by atoms with Gasteiger partial charge in [-0.05, 0) is 30.3 Å². The third-order valence-corrected chi connectivity index (χ3v) is 2.13. The maximum absolute atomic E-state index is 11.5. The minimum absolute atomic E-state index is 0.285. The molecule has 0 aliphatic rings. The Balaban J connectivity index is 2.09. The van der Waals surface area contributed by atoms with Gasteiger partial charge in [0.2, 0.25) is 0 Å². The maximum atomic E-state index is 11.5. The predicted molar refractivity (Wildman–Crippen MR) is 60.3 cm³/mol. The summed E-state index contributed by atoms with van der Waals surface area (Å²) in [6.07, 6.45) is 3.14. The Morgan fingerprint density at radius 2 is 2.07 bits per heavy atom. The lowest BCUT2D eigenvalue weighted by Gasteiger charge is -2.04. The van der Waals surface area contributed by atoms with E-state index in [-0.39, 0.29) is 6.03 Å². The van der Waals surface area contributed by atoms with Crippen molar-refractivity contribution in [3.05, 3.63) is 42.7 Å². The van der Waals surface area contributed by atoms with Gasteiger partial charge in [0.15, 0.2) is 0 Å². The SMILES string of the molecule is O=C(Nc1ccc(S)cc1)n1cccn1. The van der Waals surface area contributed by atoms with Crippen LogP contribution in [0, 0.1) is 0 Å². The molecule has 0 radical (unpaired) electrons. The molecule has 1 aromatic carbocycles. The molecule has 76 valence electrons. The van der Waals surface area contributed by atoms with Crippen LogP contribution in [-0.2, 0) is 0 Å². The molecule has 1 N–H and O–H groups in total. The molecule has 0 bridgehead atoms. The highest BCUT2D eigenvalue weighted by atomic mass is 32.1. The molecular weight excluding hydrogens is 210 g/mol. The first-order valence-corrected chi connectivity index (χ1v) is 4.80. The van der Waals surface area contributed by atoms with E-state index in [9.17, 15) is 4.79 Å². The lowest BCUT2D eigenvalue weighted by molar-refractivity contribution is 0.251. The average Bonchev–Trinajstić information content (AvgIpc) is 2.74. The highest BCUT2D eigenvalue weighted by Crippen LogP contribution is 2.11. The van der Waals surface area contributed by atoms with E-state index in [1.807, 2.05) is 12.1 Å². The third-order valence-electron chi connectivity index (χ3n) is 1.83. The van der Waals surface area contributed by atoms with E-state index in [2.05, 4.69) is 23.0 Å². The Kier molecular flexibility index (Phi) is 2.73. The fourth-order valence-corrected chi connectivity index (χ4v) is 1.26. The van der Waals surface area contributed by atoms with Crippen LogP contribution in [0.1, 0.15) is 0 Å². The second kappa shape index (κ2) is 4.18. The van der Waals surface area contributed by atoms with E-state index >= 15 is 0 Å². The van der Waals surface area contributed by atoms with E-state index in [0.717, 1.165) is 4.90 Å². The second-order valence-electron chi connectivity index (χ2n) is 2.93. The van der Waals surface area contributed by atoms with Gasteiger partial charge in [-0.15, -0.1) is 12.6 Å². The van der Waals surface area contributed by atoms with Gasteiger partial charge in [0.05, 0.1) is 0 Å². The number of rotatable bonds is 1. The van der Waals surface area contributed by atoms with E-state index in [1.54, 1.807) is 30.6 Å². The summed E-state index contributed by atoms with van der Waals surface area (Å²) in [5.74, 6) is 0. The minimum atomic E-state index is -0.285. The van der Waals surface area contributed by atoms with Gasteiger partial charge < -0.3 is 5.32 Å². The zero-order valence-electron chi connectivity index (χ0n) is 7.79. The van der Waals surface area contributed by atoms with Gasteiger partial charge >= 0.3 is 6.03 Å². The predicted octanol–water partition coefficient (Wildman–Crippen LogP) is 2.25. The number of amides is 1. The summed E-state index contributed by atoms with van der Waals surface area (Å²) < 4.78 is 1.23. The molecule has 4 nitrogen and oxygen atoms in total. The van der Waals surface area contributed by atoms with Gasteiger partial charge in [-0.1, -0.05) is 0 Å². The van der Waals surface area contributed by atoms with Crippen LogP contribution < -0.4 is 5.32 Å². The summed E-state index contributed by atoms with van der Waals surface area (Å²) in [7, 11) is 0. The van der Waals surface area contributed by atoms with Crippen molar-refractivity contribution in [2.45, 2.75) is 4.90 Å². The molecule has 0 aliphatic heterocycles. The molecule has 0 fully saturated rings. The monoisotopic (exact) mass is 219 g/mol. The number of nitrogens with zero attached hydrogens (tertiary/aromatic N) is 2. The number of anilines is 1. The van der Waals surface area contributed by atoms with Crippen LogP contribution in [0.5, 0.6) is 0 Å². The molecule has 5 heteroatoms. The van der Waals surface area contributed by atoms with E-state index in [0.29, 0.717) is 5.69 Å². The Hall–Kier alpha value is -1.75. The number of carbonyl (C=O) groups is 1. The van der Waals surface area contributed by atoms with Crippen molar-refractivity contribution in [3.8, 4) is 0 Å². The minimum Gasteiger partial charge on any atom is -0.306 e. The van der Waals surface area contributed by atoms with Crippen LogP contribution in [0.15, 0.2) is 47.6 Å². The number of benzene rings is 1. The van der Waals surface area contributed by atoms with Gasteiger partial charge in [0.1, 0.15) is 0 Å². The lowest BCUT2D eigenvalue weighted by Crippen LogP contribution is -2.19. The average molecular weight is 219 g/mol. The number of hydrogen-bond acceptors (Lipinski definition) is 3. The molecule has 2 rings (SSSR count). The zero-order chi connectivity index (χ0) is 10.7. The standard InChI is InChI=1S/C10H9N3OS/c14-10(13-7-1-6-11-13)12-8-2-4-9(15)5-3-8/h1-7,15H,(H,12,14). The number of aromatic nitrogens is 2. The molecule has 0 unspecified atom stereocenters. The summed E-state index contributed by atoms with van der Waals surface area (Å²) in [4.78, 5) is 12.4. The van der Waals surface area contributed by atoms with Crippen molar-refractivity contribution in [1.29, 1.82) is 0 Å². The topological polar surface area (TPSA) is 46.9 Å². The molecule has 1 heterocycles. The van der Waals surface area contributed by atoms with Crippen molar-refractivity contribution < 1.29 is 4.79 Å². The summed E-state index contributed by atoms with van der Waals surface area (Å²) >= 11 is 4.15. The molecule has 2 aromatic rings. The van der Waals surface area contributed by atoms with Crippen LogP contribution in [0.3, 0.4) is 0 Å². The Morgan fingerprint density at radius 1 is 1.33 bits per heavy atom. The van der Waals surface area contributed by atoms with E-state index < -0.39 is 0 Å². The summed E-state index contributed by atoms with van der Waals surface area (Å²) in [5.41, 5.74) is 0.716. The van der Waals surface area contributed by atoms with Crippen LogP contribution in [0.4, 0.5) is 10.5 Å². The Bertz CT molecular complexity index is 450. The first-order chi connectivity index (χ1) is 7.25. The highest BCUT2D eigenvalue weighted by Gasteiger charge is 2.03. The maximum Gasteiger partial charge on any atom is 0.346 e. The molecule has 1 aromatic heterocycles. The highest BCUT2D eigenvalue weighted by molar-refractivity contribution is 7.80. The molecule has 1 amide bonds. The second-order valence-corrected chi connectivity index (χ2v) is 3.44. The van der Waals surface area contributed by atoms with E-state index in [4.69, 9.17) is 0 Å². The first kappa shape index (κ1) is 9.79. The molecular formula is C10H9N3OS. The van der Waals surface area contributed by atoms with Gasteiger partial charge in [-0.3, -0.25) is 0 Å². The molecule has 0 aliphatic carbocycles. The van der Waals surface area contributed by atoms with Crippen molar-refractivity contribution in [2.24, 2.45) is 0 Å². The van der Waals surface area contributed by atoms with Crippen LogP contribution in [0.25, 0.3) is 0 Å². The summed E-state index contributed by atoms with van der Waals surface area (Å²) in [5, 5.41) is 6.52. The third kappa shape index (κ3) is 2.38. The quantitative estimate of drug-likeness (QED) is 0.723. The number of nitrogens with one attached hydrogen (secondary N) is 1. The fraction of sp³-hybridized carbons (Fsp3) is 0.